The van der Waals surface area contributed by atoms with E-state index in [1.54, 1.807) is 0 Å². The fourth-order valence-corrected chi connectivity index (χ4v) is 3.71. The Labute approximate surface area is 180 Å². The summed E-state index contributed by atoms with van der Waals surface area (Å²) in [6, 6.07) is 7.54. The lowest BCUT2D eigenvalue weighted by Gasteiger charge is -2.32. The molecule has 0 bridgehead atoms. The number of hydrogen-bond donors (Lipinski definition) is 2. The smallest absolute Gasteiger partial charge is 0.244 e. The number of carbonyl (C=O) groups excluding carboxylic acids is 2. The van der Waals surface area contributed by atoms with Gasteiger partial charge in [-0.3, -0.25) is 9.59 Å². The number of nitrogens with two attached hydrogens (primary N) is 1. The maximum absolute atomic E-state index is 12.5. The molecule has 6 nitrogen and oxygen atoms in total. The van der Waals surface area contributed by atoms with Crippen molar-refractivity contribution in [2.24, 2.45) is 5.73 Å². The number of piperazine rings is 1. The van der Waals surface area contributed by atoms with E-state index in [4.69, 9.17) is 5.73 Å². The molecule has 1 aromatic rings. The van der Waals surface area contributed by atoms with Crippen molar-refractivity contribution in [1.29, 1.82) is 0 Å². The molecule has 0 spiro atoms. The van der Waals surface area contributed by atoms with E-state index in [0.717, 1.165) is 69.5 Å². The quantitative estimate of drug-likeness (QED) is 0.768. The van der Waals surface area contributed by atoms with Gasteiger partial charge < -0.3 is 20.9 Å². The molecule has 1 saturated heterocycles. The van der Waals surface area contributed by atoms with Crippen LogP contribution in [-0.2, 0) is 16.0 Å². The van der Waals surface area contributed by atoms with Crippen LogP contribution in [0.2, 0.25) is 0 Å². The van der Waals surface area contributed by atoms with Crippen LogP contribution in [0.25, 0.3) is 0 Å². The molecule has 2 aliphatic rings. The van der Waals surface area contributed by atoms with Gasteiger partial charge in [0.1, 0.15) is 0 Å². The summed E-state index contributed by atoms with van der Waals surface area (Å²) in [6.45, 7) is 3.44. The molecule has 1 aromatic carbocycles. The van der Waals surface area contributed by atoms with Crippen molar-refractivity contribution < 1.29 is 9.59 Å². The second-order valence-electron chi connectivity index (χ2n) is 7.73. The summed E-state index contributed by atoms with van der Waals surface area (Å²) in [7, 11) is 2.08. The third kappa shape index (κ3) is 6.34. The van der Waals surface area contributed by atoms with Crippen LogP contribution in [0.1, 0.15) is 37.7 Å². The maximum atomic E-state index is 12.5. The summed E-state index contributed by atoms with van der Waals surface area (Å²) < 4.78 is 0. The first-order chi connectivity index (χ1) is 12.5. The fraction of sp³-hybridized carbons (Fsp3) is 0.600. The molecule has 3 rings (SSSR count). The topological polar surface area (TPSA) is 78.7 Å². The predicted octanol–water partition coefficient (Wildman–Crippen LogP) is 2.45. The minimum absolute atomic E-state index is 0. The average molecular weight is 431 g/mol. The number of nitrogens with zero attached hydrogens (tertiary/aromatic N) is 2. The van der Waals surface area contributed by atoms with Gasteiger partial charge in [0.2, 0.25) is 11.8 Å². The highest BCUT2D eigenvalue weighted by Crippen LogP contribution is 2.27. The number of rotatable bonds is 4. The van der Waals surface area contributed by atoms with Crippen molar-refractivity contribution >= 4 is 42.3 Å². The van der Waals surface area contributed by atoms with Gasteiger partial charge in [0, 0.05) is 31.9 Å². The monoisotopic (exact) mass is 430 g/mol. The Morgan fingerprint density at radius 2 is 1.57 bits per heavy atom. The Bertz CT molecular complexity index is 640. The summed E-state index contributed by atoms with van der Waals surface area (Å²) in [5, 5.41) is 2.94. The van der Waals surface area contributed by atoms with Gasteiger partial charge in [-0.25, -0.2) is 0 Å². The van der Waals surface area contributed by atoms with Crippen molar-refractivity contribution in [1.82, 2.24) is 9.80 Å². The number of hydrogen-bond acceptors (Lipinski definition) is 4. The van der Waals surface area contributed by atoms with Crippen molar-refractivity contribution in [3.63, 3.8) is 0 Å². The Kier molecular flexibility index (Phi) is 9.70. The Hall–Kier alpha value is -1.34. The number of nitrogens with one attached hydrogen (secondary N) is 1. The minimum Gasteiger partial charge on any atom is -0.340 e. The van der Waals surface area contributed by atoms with Crippen molar-refractivity contribution in [3.05, 3.63) is 29.8 Å². The first-order valence-corrected chi connectivity index (χ1v) is 9.62. The van der Waals surface area contributed by atoms with Crippen molar-refractivity contribution in [2.45, 2.75) is 44.1 Å². The lowest BCUT2D eigenvalue weighted by Crippen LogP contribution is -2.52. The highest BCUT2D eigenvalue weighted by atomic mass is 35.5. The second-order valence-corrected chi connectivity index (χ2v) is 7.73. The van der Waals surface area contributed by atoms with Crippen LogP contribution in [0, 0.1) is 0 Å². The molecule has 3 N–H and O–H groups in total. The third-order valence-corrected chi connectivity index (χ3v) is 5.62. The summed E-state index contributed by atoms with van der Waals surface area (Å²) in [4.78, 5) is 29.1. The van der Waals surface area contributed by atoms with E-state index in [0.29, 0.717) is 6.42 Å². The molecule has 1 aliphatic carbocycles. The molecule has 0 atom stereocenters. The molecule has 1 saturated carbocycles. The molecule has 28 heavy (non-hydrogen) atoms. The van der Waals surface area contributed by atoms with Gasteiger partial charge in [0.25, 0.3) is 0 Å². The number of amides is 2. The molecule has 0 radical (unpaired) electrons. The van der Waals surface area contributed by atoms with E-state index >= 15 is 0 Å². The van der Waals surface area contributed by atoms with E-state index in [1.807, 2.05) is 29.2 Å². The number of halogens is 2. The van der Waals surface area contributed by atoms with Crippen molar-refractivity contribution in [2.75, 3.05) is 38.5 Å². The Balaban J connectivity index is 0.00000196. The van der Waals surface area contributed by atoms with Crippen LogP contribution in [-0.4, -0.2) is 60.4 Å². The van der Waals surface area contributed by atoms with E-state index in [-0.39, 0.29) is 36.6 Å². The van der Waals surface area contributed by atoms with Crippen LogP contribution in [0.3, 0.4) is 0 Å². The molecule has 2 amide bonds. The molecule has 158 valence electrons. The summed E-state index contributed by atoms with van der Waals surface area (Å²) >= 11 is 0. The molecule has 1 heterocycles. The normalized spacial score (nSPS) is 19.1. The molecule has 0 aromatic heterocycles. The van der Waals surface area contributed by atoms with E-state index < -0.39 is 5.54 Å². The van der Waals surface area contributed by atoms with Gasteiger partial charge in [-0.1, -0.05) is 31.4 Å². The summed E-state index contributed by atoms with van der Waals surface area (Å²) in [6.07, 6.45) is 5.07. The van der Waals surface area contributed by atoms with Gasteiger partial charge in [-0.15, -0.1) is 24.8 Å². The second kappa shape index (κ2) is 11.0. The standard InChI is InChI=1S/C20H30N4O2.2ClH/c1-23-11-13-24(14-12-23)18(25)15-16-5-7-17(8-6-16)22-19(26)20(21)9-3-2-4-10-20;;/h5-8H,2-4,9-15,21H2,1H3,(H,22,26);2*1H. The Morgan fingerprint density at radius 3 is 2.14 bits per heavy atom. The number of carbonyl (C=O) groups is 2. The highest BCUT2D eigenvalue weighted by molar-refractivity contribution is 5.98. The molecule has 1 aliphatic heterocycles. The van der Waals surface area contributed by atoms with Crippen LogP contribution < -0.4 is 11.1 Å². The minimum atomic E-state index is -0.742. The molecular weight excluding hydrogens is 399 g/mol. The average Bonchev–Trinajstić information content (AvgIpc) is 2.64. The summed E-state index contributed by atoms with van der Waals surface area (Å²) in [5.41, 5.74) is 7.23. The lowest BCUT2D eigenvalue weighted by molar-refractivity contribution is -0.132. The zero-order chi connectivity index (χ0) is 18.6. The van der Waals surface area contributed by atoms with E-state index in [2.05, 4.69) is 17.3 Å². The van der Waals surface area contributed by atoms with Gasteiger partial charge in [-0.2, -0.15) is 0 Å². The van der Waals surface area contributed by atoms with Crippen LogP contribution in [0.4, 0.5) is 5.69 Å². The van der Waals surface area contributed by atoms with E-state index in [9.17, 15) is 9.59 Å². The number of anilines is 1. The molecule has 2 fully saturated rings. The SMILES string of the molecule is CN1CCN(C(=O)Cc2ccc(NC(=O)C3(N)CCCCC3)cc2)CC1.Cl.Cl. The maximum Gasteiger partial charge on any atom is 0.244 e. The van der Waals surface area contributed by atoms with Gasteiger partial charge in [-0.05, 0) is 37.6 Å². The summed E-state index contributed by atoms with van der Waals surface area (Å²) in [5.74, 6) is 0.0662. The lowest BCUT2D eigenvalue weighted by atomic mass is 9.82. The van der Waals surface area contributed by atoms with Gasteiger partial charge in [0.05, 0.1) is 12.0 Å². The largest absolute Gasteiger partial charge is 0.340 e. The van der Waals surface area contributed by atoms with E-state index in [1.165, 1.54) is 0 Å². The van der Waals surface area contributed by atoms with Gasteiger partial charge in [0.15, 0.2) is 0 Å². The predicted molar refractivity (Wildman–Crippen MR) is 117 cm³/mol. The van der Waals surface area contributed by atoms with Crippen LogP contribution >= 0.6 is 24.8 Å². The Morgan fingerprint density at radius 1 is 1.00 bits per heavy atom. The zero-order valence-corrected chi connectivity index (χ0v) is 18.1. The fourth-order valence-electron chi connectivity index (χ4n) is 3.71. The number of likely N-dealkylation sites (N-methyl/N-ethyl adjacent to an activating group) is 1. The highest BCUT2D eigenvalue weighted by Gasteiger charge is 2.35. The molecule has 8 heteroatoms. The molecular formula is C20H32Cl2N4O2. The van der Waals surface area contributed by atoms with Crippen LogP contribution in [0.15, 0.2) is 24.3 Å². The first-order valence-electron chi connectivity index (χ1n) is 9.62. The molecule has 0 unspecified atom stereocenters. The zero-order valence-electron chi connectivity index (χ0n) is 16.5. The van der Waals surface area contributed by atoms with Gasteiger partial charge >= 0.3 is 0 Å². The number of benzene rings is 1. The third-order valence-electron chi connectivity index (χ3n) is 5.62. The van der Waals surface area contributed by atoms with Crippen LogP contribution in [0.5, 0.6) is 0 Å². The first kappa shape index (κ1) is 24.7. The van der Waals surface area contributed by atoms with Crippen molar-refractivity contribution in [3.8, 4) is 0 Å².